The van der Waals surface area contributed by atoms with E-state index >= 15 is 0 Å². The number of amides is 1. The number of nitrogens with one attached hydrogen (secondary N) is 1. The molecule has 0 fully saturated rings. The van der Waals surface area contributed by atoms with Crippen LogP contribution in [-0.4, -0.2) is 68.5 Å². The third-order valence-corrected chi connectivity index (χ3v) is 16.0. The molecule has 0 rings (SSSR count). The highest BCUT2D eigenvalue weighted by molar-refractivity contribution is 7.45. The fraction of sp³-hybridized carbons (Fsp3) is 0.866. The van der Waals surface area contributed by atoms with Crippen molar-refractivity contribution in [2.24, 2.45) is 0 Å². The first kappa shape index (κ1) is 74.5. The van der Waals surface area contributed by atoms with E-state index in [0.29, 0.717) is 23.9 Å². The summed E-state index contributed by atoms with van der Waals surface area (Å²) in [5, 5.41) is 14.1. The van der Waals surface area contributed by atoms with Gasteiger partial charge in [-0.2, -0.15) is 0 Å². The largest absolute Gasteiger partial charge is 0.756 e. The molecule has 8 nitrogen and oxygen atoms in total. The molecule has 1 amide bonds. The highest BCUT2D eigenvalue weighted by atomic mass is 31.2. The number of carbonyl (C=O) groups is 1. The third-order valence-electron chi connectivity index (χ3n) is 15.1. The number of unbranched alkanes of at least 4 members (excludes halogenated alkanes) is 40. The van der Waals surface area contributed by atoms with Crippen molar-refractivity contribution in [3.8, 4) is 0 Å². The number of carbonyl (C=O) groups excluding carboxylic acids is 1. The van der Waals surface area contributed by atoms with Crippen LogP contribution in [0.2, 0.25) is 0 Å². The van der Waals surface area contributed by atoms with Crippen molar-refractivity contribution < 1.29 is 32.9 Å². The van der Waals surface area contributed by atoms with Gasteiger partial charge in [-0.15, -0.1) is 0 Å². The Bertz CT molecular complexity index is 1380. The zero-order valence-electron chi connectivity index (χ0n) is 51.2. The van der Waals surface area contributed by atoms with Crippen molar-refractivity contribution in [1.29, 1.82) is 0 Å². The quantitative estimate of drug-likeness (QED) is 0.0272. The average Bonchev–Trinajstić information content (AvgIpc) is 3.38. The van der Waals surface area contributed by atoms with E-state index in [1.165, 1.54) is 225 Å². The van der Waals surface area contributed by atoms with E-state index in [1.54, 1.807) is 0 Å². The lowest BCUT2D eigenvalue weighted by atomic mass is 10.0. The molecule has 448 valence electrons. The van der Waals surface area contributed by atoms with Gasteiger partial charge in [0.15, 0.2) is 0 Å². The Kier molecular flexibility index (Phi) is 56.9. The van der Waals surface area contributed by atoms with Gasteiger partial charge in [0, 0.05) is 6.42 Å². The summed E-state index contributed by atoms with van der Waals surface area (Å²) < 4.78 is 23.5. The maximum Gasteiger partial charge on any atom is 0.268 e. The molecular formula is C67H129N2O6P. The van der Waals surface area contributed by atoms with Crippen LogP contribution in [0.4, 0.5) is 0 Å². The topological polar surface area (TPSA) is 108 Å². The number of hydrogen-bond donors (Lipinski definition) is 2. The molecule has 0 spiro atoms. The molecule has 0 aromatic heterocycles. The van der Waals surface area contributed by atoms with Crippen LogP contribution in [0.5, 0.6) is 0 Å². The van der Waals surface area contributed by atoms with Gasteiger partial charge < -0.3 is 28.8 Å². The standard InChI is InChI=1S/C67H129N2O6P/c1-6-8-10-12-14-16-18-20-22-24-26-28-29-30-31-32-33-34-35-36-37-38-39-41-42-44-46-48-50-52-54-56-58-60-66(70)65(64-75-76(72,73)74-63-62-69(3,4)5)68-67(71)61-59-57-55-53-51-49-47-45-43-40-27-25-23-21-19-17-15-13-11-9-7-2/h9,11,15,17,21,23,27,40,65-66,70H,6-8,10,12-14,16,18-20,22,24-26,28-39,41-64H2,1-5H3,(H-,68,71,72,73)/b11-9-,17-15-,23-21-,40-27-. The second-order valence-corrected chi connectivity index (χ2v) is 25.2. The monoisotopic (exact) mass is 1090 g/mol. The Morgan fingerprint density at radius 1 is 0.474 bits per heavy atom. The predicted molar refractivity (Wildman–Crippen MR) is 330 cm³/mol. The number of quaternary nitrogens is 1. The van der Waals surface area contributed by atoms with Gasteiger partial charge >= 0.3 is 0 Å². The maximum atomic E-state index is 13.0. The molecule has 0 saturated heterocycles. The van der Waals surface area contributed by atoms with Gasteiger partial charge in [0.05, 0.1) is 39.9 Å². The van der Waals surface area contributed by atoms with Crippen molar-refractivity contribution in [2.45, 2.75) is 334 Å². The number of allylic oxidation sites excluding steroid dienone is 8. The molecule has 0 radical (unpaired) electrons. The van der Waals surface area contributed by atoms with Gasteiger partial charge in [0.1, 0.15) is 13.2 Å². The predicted octanol–water partition coefficient (Wildman–Crippen LogP) is 20.0. The van der Waals surface area contributed by atoms with E-state index in [1.807, 2.05) is 21.1 Å². The number of aliphatic hydroxyl groups is 1. The fourth-order valence-corrected chi connectivity index (χ4v) is 10.7. The Balaban J connectivity index is 4.02. The Labute approximate surface area is 473 Å². The number of phosphoric ester groups is 1. The van der Waals surface area contributed by atoms with E-state index in [0.717, 1.165) is 70.6 Å². The number of nitrogens with zero attached hydrogens (tertiary/aromatic N) is 1. The summed E-state index contributed by atoms with van der Waals surface area (Å²) in [4.78, 5) is 25.6. The summed E-state index contributed by atoms with van der Waals surface area (Å²) >= 11 is 0. The minimum absolute atomic E-state index is 0.00953. The van der Waals surface area contributed by atoms with Crippen molar-refractivity contribution in [3.05, 3.63) is 48.6 Å². The van der Waals surface area contributed by atoms with Crippen LogP contribution in [0.15, 0.2) is 48.6 Å². The van der Waals surface area contributed by atoms with Crippen LogP contribution in [0, 0.1) is 0 Å². The molecule has 0 saturated carbocycles. The minimum atomic E-state index is -4.58. The number of likely N-dealkylation sites (N-methyl/N-ethyl adjacent to an activating group) is 1. The van der Waals surface area contributed by atoms with Gasteiger partial charge in [-0.05, 0) is 51.4 Å². The van der Waals surface area contributed by atoms with Crippen LogP contribution in [0.1, 0.15) is 322 Å². The Morgan fingerprint density at radius 2 is 0.803 bits per heavy atom. The average molecular weight is 1090 g/mol. The number of aliphatic hydroxyl groups excluding tert-OH is 1. The molecule has 2 N–H and O–H groups in total. The van der Waals surface area contributed by atoms with Crippen LogP contribution in [-0.2, 0) is 18.4 Å². The smallest absolute Gasteiger partial charge is 0.268 e. The summed E-state index contributed by atoms with van der Waals surface area (Å²) in [6.45, 7) is 4.64. The first-order valence-electron chi connectivity index (χ1n) is 33.0. The van der Waals surface area contributed by atoms with E-state index in [-0.39, 0.29) is 19.1 Å². The molecule has 0 aliphatic heterocycles. The molecule has 3 unspecified atom stereocenters. The highest BCUT2D eigenvalue weighted by Crippen LogP contribution is 2.38. The Morgan fingerprint density at radius 3 is 1.17 bits per heavy atom. The summed E-state index contributed by atoms with van der Waals surface area (Å²) in [5.74, 6) is -0.170. The molecule has 9 heteroatoms. The van der Waals surface area contributed by atoms with Crippen molar-refractivity contribution in [3.63, 3.8) is 0 Å². The van der Waals surface area contributed by atoms with E-state index in [2.05, 4.69) is 67.8 Å². The summed E-state index contributed by atoms with van der Waals surface area (Å²) in [5.41, 5.74) is 0. The van der Waals surface area contributed by atoms with Gasteiger partial charge in [0.2, 0.25) is 5.91 Å². The molecule has 0 aliphatic carbocycles. The molecule has 0 heterocycles. The minimum Gasteiger partial charge on any atom is -0.756 e. The van der Waals surface area contributed by atoms with Crippen LogP contribution in [0.3, 0.4) is 0 Å². The molecule has 0 bridgehead atoms. The second kappa shape index (κ2) is 58.1. The van der Waals surface area contributed by atoms with Crippen molar-refractivity contribution >= 4 is 13.7 Å². The number of hydrogen-bond acceptors (Lipinski definition) is 6. The second-order valence-electron chi connectivity index (χ2n) is 23.8. The lowest BCUT2D eigenvalue weighted by Gasteiger charge is -2.30. The van der Waals surface area contributed by atoms with E-state index in [9.17, 15) is 19.4 Å². The molecule has 3 atom stereocenters. The molecule has 0 aromatic rings. The Hall–Kier alpha value is -1.54. The zero-order valence-corrected chi connectivity index (χ0v) is 52.1. The van der Waals surface area contributed by atoms with Crippen LogP contribution < -0.4 is 10.2 Å². The molecular weight excluding hydrogens is 960 g/mol. The number of phosphoric acid groups is 1. The van der Waals surface area contributed by atoms with Crippen LogP contribution >= 0.6 is 7.82 Å². The third kappa shape index (κ3) is 60.1. The van der Waals surface area contributed by atoms with Gasteiger partial charge in [0.25, 0.3) is 7.82 Å². The van der Waals surface area contributed by atoms with Gasteiger partial charge in [-0.1, -0.05) is 313 Å². The van der Waals surface area contributed by atoms with Gasteiger partial charge in [-0.3, -0.25) is 9.36 Å². The summed E-state index contributed by atoms with van der Waals surface area (Å²) in [6, 6.07) is -0.809. The lowest BCUT2D eigenvalue weighted by molar-refractivity contribution is -0.870. The summed E-state index contributed by atoms with van der Waals surface area (Å²) in [7, 11) is 1.30. The molecule has 0 aromatic carbocycles. The molecule has 0 aliphatic rings. The maximum absolute atomic E-state index is 13.0. The highest BCUT2D eigenvalue weighted by Gasteiger charge is 2.24. The molecule has 76 heavy (non-hydrogen) atoms. The summed E-state index contributed by atoms with van der Waals surface area (Å²) in [6.07, 6.45) is 77.5. The van der Waals surface area contributed by atoms with Crippen molar-refractivity contribution in [2.75, 3.05) is 40.9 Å². The SMILES string of the molecule is CC/C=C\C/C=C\C/C=C\C/C=C\CCCCCCCCCCC(=O)NC(COP(=O)([O-])OCC[N+](C)(C)C)C(O)CCCCCCCCCCCCCCCCCCCCCCCCCCCCCCCCCCC. The fourth-order valence-electron chi connectivity index (χ4n) is 9.98. The normalized spacial score (nSPS) is 14.0. The lowest BCUT2D eigenvalue weighted by Crippen LogP contribution is -2.46. The number of rotatable bonds is 61. The first-order chi connectivity index (χ1) is 37.0. The van der Waals surface area contributed by atoms with Gasteiger partial charge in [-0.25, -0.2) is 0 Å². The van der Waals surface area contributed by atoms with E-state index < -0.39 is 20.0 Å². The van der Waals surface area contributed by atoms with E-state index in [4.69, 9.17) is 9.05 Å². The van der Waals surface area contributed by atoms with Crippen molar-refractivity contribution in [1.82, 2.24) is 5.32 Å². The van der Waals surface area contributed by atoms with Crippen LogP contribution in [0.25, 0.3) is 0 Å². The zero-order chi connectivity index (χ0) is 55.6. The first-order valence-corrected chi connectivity index (χ1v) is 34.4.